The molecular formula is C27H37N5O4. The molecule has 4 rings (SSSR count). The number of para-hydroxylation sites is 1. The Morgan fingerprint density at radius 3 is 2.78 bits per heavy atom. The van der Waals surface area contributed by atoms with Gasteiger partial charge in [0.05, 0.1) is 42.0 Å². The second-order valence-electron chi connectivity index (χ2n) is 9.83. The fourth-order valence-electron chi connectivity index (χ4n) is 4.64. The van der Waals surface area contributed by atoms with Crippen molar-refractivity contribution in [2.24, 2.45) is 5.92 Å². The van der Waals surface area contributed by atoms with Gasteiger partial charge in [-0.25, -0.2) is 9.97 Å². The summed E-state index contributed by atoms with van der Waals surface area (Å²) >= 11 is 0. The van der Waals surface area contributed by atoms with Gasteiger partial charge in [-0.05, 0) is 38.4 Å². The van der Waals surface area contributed by atoms with Crippen molar-refractivity contribution >= 4 is 16.8 Å². The Morgan fingerprint density at radius 2 is 2.06 bits per heavy atom. The van der Waals surface area contributed by atoms with E-state index in [0.717, 1.165) is 48.1 Å². The second-order valence-corrected chi connectivity index (χ2v) is 9.83. The van der Waals surface area contributed by atoms with Gasteiger partial charge in [-0.15, -0.1) is 0 Å². The SMILES string of the molecule is CCC(O)(O)CCCCC[C@H](NC(=O)C1CN(C)C1)c1ncc(-c2cc3ccccc3nc2OC)[nH]1. The number of methoxy groups -OCH3 is 1. The third-order valence-corrected chi connectivity index (χ3v) is 6.99. The third kappa shape index (κ3) is 6.21. The number of ether oxygens (including phenoxy) is 1. The summed E-state index contributed by atoms with van der Waals surface area (Å²) in [6.45, 7) is 3.28. The Balaban J connectivity index is 1.50. The van der Waals surface area contributed by atoms with Crippen LogP contribution in [0.1, 0.15) is 57.3 Å². The highest BCUT2D eigenvalue weighted by atomic mass is 16.5. The number of nitrogens with zero attached hydrogens (tertiary/aromatic N) is 3. The predicted molar refractivity (Wildman–Crippen MR) is 138 cm³/mol. The number of carbonyl (C=O) groups excluding carboxylic acids is 1. The maximum absolute atomic E-state index is 12.9. The average Bonchev–Trinajstić information content (AvgIpc) is 3.35. The number of aromatic amines is 1. The van der Waals surface area contributed by atoms with Crippen LogP contribution in [0.5, 0.6) is 5.88 Å². The molecule has 1 aliphatic rings. The topological polar surface area (TPSA) is 124 Å². The summed E-state index contributed by atoms with van der Waals surface area (Å²) in [4.78, 5) is 27.6. The molecule has 1 saturated heterocycles. The van der Waals surface area contributed by atoms with Crippen molar-refractivity contribution in [1.82, 2.24) is 25.2 Å². The quantitative estimate of drug-likeness (QED) is 0.224. The van der Waals surface area contributed by atoms with E-state index in [1.54, 1.807) is 20.2 Å². The number of likely N-dealkylation sites (tertiary alicyclic amines) is 1. The van der Waals surface area contributed by atoms with Gasteiger partial charge >= 0.3 is 0 Å². The molecule has 0 aliphatic carbocycles. The van der Waals surface area contributed by atoms with Gasteiger partial charge in [-0.3, -0.25) is 4.79 Å². The molecule has 194 valence electrons. The Bertz CT molecular complexity index is 1170. The van der Waals surface area contributed by atoms with Crippen LogP contribution >= 0.6 is 0 Å². The van der Waals surface area contributed by atoms with Crippen LogP contribution < -0.4 is 10.1 Å². The van der Waals surface area contributed by atoms with E-state index in [9.17, 15) is 15.0 Å². The molecule has 4 N–H and O–H groups in total. The maximum atomic E-state index is 12.9. The number of amides is 1. The van der Waals surface area contributed by atoms with Crippen LogP contribution in [0.4, 0.5) is 0 Å². The van der Waals surface area contributed by atoms with Crippen molar-refractivity contribution in [3.05, 3.63) is 42.4 Å². The zero-order valence-corrected chi connectivity index (χ0v) is 21.3. The van der Waals surface area contributed by atoms with Gasteiger partial charge in [0.25, 0.3) is 0 Å². The Labute approximate surface area is 211 Å². The summed E-state index contributed by atoms with van der Waals surface area (Å²) in [7, 11) is 3.60. The van der Waals surface area contributed by atoms with E-state index in [2.05, 4.69) is 25.2 Å². The normalized spacial score (nSPS) is 15.6. The van der Waals surface area contributed by atoms with Crippen LogP contribution in [-0.2, 0) is 4.79 Å². The monoisotopic (exact) mass is 495 g/mol. The molecule has 3 aromatic rings. The number of H-pyrrole nitrogens is 1. The van der Waals surface area contributed by atoms with Crippen molar-refractivity contribution in [2.75, 3.05) is 27.2 Å². The molecule has 3 heterocycles. The lowest BCUT2D eigenvalue weighted by molar-refractivity contribution is -0.167. The second kappa shape index (κ2) is 11.4. The molecule has 0 radical (unpaired) electrons. The highest BCUT2D eigenvalue weighted by Crippen LogP contribution is 2.32. The summed E-state index contributed by atoms with van der Waals surface area (Å²) in [6, 6.07) is 9.63. The number of benzene rings is 1. The highest BCUT2D eigenvalue weighted by Gasteiger charge is 2.32. The van der Waals surface area contributed by atoms with E-state index >= 15 is 0 Å². The minimum Gasteiger partial charge on any atom is -0.480 e. The van der Waals surface area contributed by atoms with Gasteiger partial charge in [-0.2, -0.15) is 0 Å². The summed E-state index contributed by atoms with van der Waals surface area (Å²) in [5.41, 5.74) is 2.43. The first-order chi connectivity index (χ1) is 17.3. The van der Waals surface area contributed by atoms with Crippen molar-refractivity contribution < 1.29 is 19.7 Å². The first-order valence-electron chi connectivity index (χ1n) is 12.7. The summed E-state index contributed by atoms with van der Waals surface area (Å²) in [6.07, 6.45) is 5.47. The largest absolute Gasteiger partial charge is 0.480 e. The van der Waals surface area contributed by atoms with Crippen LogP contribution in [0.2, 0.25) is 0 Å². The molecule has 1 aromatic carbocycles. The molecule has 0 unspecified atom stereocenters. The van der Waals surface area contributed by atoms with Crippen LogP contribution in [0, 0.1) is 5.92 Å². The molecule has 1 aliphatic heterocycles. The molecule has 1 fully saturated rings. The Hall–Kier alpha value is -3.01. The number of unbranched alkanes of at least 4 members (excludes halogenated alkanes) is 2. The highest BCUT2D eigenvalue weighted by molar-refractivity contribution is 5.85. The number of nitrogens with one attached hydrogen (secondary N) is 2. The number of imidazole rings is 1. The molecule has 1 atom stereocenters. The van der Waals surface area contributed by atoms with Gasteiger partial charge in [-0.1, -0.05) is 38.0 Å². The van der Waals surface area contributed by atoms with Crippen LogP contribution in [0.15, 0.2) is 36.5 Å². The lowest BCUT2D eigenvalue weighted by Gasteiger charge is -2.35. The van der Waals surface area contributed by atoms with E-state index < -0.39 is 5.79 Å². The Morgan fingerprint density at radius 1 is 1.28 bits per heavy atom. The zero-order chi connectivity index (χ0) is 25.7. The van der Waals surface area contributed by atoms with Gasteiger partial charge in [0.1, 0.15) is 5.82 Å². The molecule has 9 heteroatoms. The number of fused-ring (bicyclic) bond motifs is 1. The van der Waals surface area contributed by atoms with E-state index in [4.69, 9.17) is 4.74 Å². The smallest absolute Gasteiger partial charge is 0.226 e. The van der Waals surface area contributed by atoms with Gasteiger partial charge in [0.2, 0.25) is 11.8 Å². The van der Waals surface area contributed by atoms with Crippen molar-refractivity contribution in [3.63, 3.8) is 0 Å². The lowest BCUT2D eigenvalue weighted by Crippen LogP contribution is -2.52. The fraction of sp³-hybridized carbons (Fsp3) is 0.519. The minimum absolute atomic E-state index is 0.00865. The molecule has 1 amide bonds. The number of hydrogen-bond acceptors (Lipinski definition) is 7. The average molecular weight is 496 g/mol. The fourth-order valence-corrected chi connectivity index (χ4v) is 4.64. The van der Waals surface area contributed by atoms with Crippen molar-refractivity contribution in [2.45, 2.75) is 57.3 Å². The van der Waals surface area contributed by atoms with Crippen molar-refractivity contribution in [3.8, 4) is 17.1 Å². The summed E-state index contributed by atoms with van der Waals surface area (Å²) < 4.78 is 5.56. The Kier molecular flexibility index (Phi) is 8.23. The number of hydrogen-bond donors (Lipinski definition) is 4. The standard InChI is InChI=1S/C27H37N5O4/c1-4-27(34,35)13-9-5-6-12-22(30-25(33)19-16-32(2)17-19)24-28-15-23(29-24)20-14-18-10-7-8-11-21(18)31-26(20)36-3/h7-8,10-11,14-15,19,22,34-35H,4-6,9,12-13,16-17H2,1-3H3,(H,28,29)(H,30,33)/t22-/m0/s1. The number of carbonyl (C=O) groups is 1. The molecule has 2 aromatic heterocycles. The van der Waals surface area contributed by atoms with Gasteiger partial charge < -0.3 is 30.2 Å². The van der Waals surface area contributed by atoms with E-state index in [0.29, 0.717) is 37.4 Å². The molecule has 0 saturated carbocycles. The van der Waals surface area contributed by atoms with Crippen LogP contribution in [0.3, 0.4) is 0 Å². The van der Waals surface area contributed by atoms with E-state index in [1.165, 1.54) is 0 Å². The lowest BCUT2D eigenvalue weighted by atomic mass is 9.98. The first-order valence-corrected chi connectivity index (χ1v) is 12.7. The number of rotatable bonds is 12. The number of aromatic nitrogens is 3. The molecule has 9 nitrogen and oxygen atoms in total. The summed E-state index contributed by atoms with van der Waals surface area (Å²) in [5, 5.41) is 23.8. The molecule has 0 bridgehead atoms. The third-order valence-electron chi connectivity index (χ3n) is 6.99. The molecular weight excluding hydrogens is 458 g/mol. The number of aliphatic hydroxyl groups is 2. The van der Waals surface area contributed by atoms with Crippen LogP contribution in [-0.4, -0.2) is 69.0 Å². The van der Waals surface area contributed by atoms with E-state index in [-0.39, 0.29) is 17.9 Å². The number of pyridine rings is 1. The summed E-state index contributed by atoms with van der Waals surface area (Å²) in [5.74, 6) is -0.377. The molecule has 36 heavy (non-hydrogen) atoms. The predicted octanol–water partition coefficient (Wildman–Crippen LogP) is 3.39. The van der Waals surface area contributed by atoms with Gasteiger partial charge in [0, 0.05) is 24.9 Å². The minimum atomic E-state index is -1.60. The first kappa shape index (κ1) is 26.1. The van der Waals surface area contributed by atoms with Gasteiger partial charge in [0.15, 0.2) is 5.79 Å². The zero-order valence-electron chi connectivity index (χ0n) is 21.3. The van der Waals surface area contributed by atoms with E-state index in [1.807, 2.05) is 37.4 Å². The maximum Gasteiger partial charge on any atom is 0.226 e. The van der Waals surface area contributed by atoms with Crippen LogP contribution in [0.25, 0.3) is 22.2 Å². The van der Waals surface area contributed by atoms with Crippen molar-refractivity contribution in [1.29, 1.82) is 0 Å². The molecule has 0 spiro atoms.